The molecule has 0 atom stereocenters. The highest BCUT2D eigenvalue weighted by Gasteiger charge is 2.13. The zero-order valence-electron chi connectivity index (χ0n) is 8.19. The second kappa shape index (κ2) is 4.91. The van der Waals surface area contributed by atoms with Crippen LogP contribution in [0, 0.1) is 11.3 Å². The third kappa shape index (κ3) is 2.02. The molecule has 0 aromatic heterocycles. The van der Waals surface area contributed by atoms with Gasteiger partial charge in [-0.15, -0.1) is 0 Å². The molecule has 76 valence electrons. The lowest BCUT2D eigenvalue weighted by Gasteiger charge is -2.09. The summed E-state index contributed by atoms with van der Waals surface area (Å²) >= 11 is 0. The Morgan fingerprint density at radius 1 is 1.40 bits per heavy atom. The van der Waals surface area contributed by atoms with Crippen LogP contribution in [0.3, 0.4) is 0 Å². The van der Waals surface area contributed by atoms with E-state index in [1.54, 1.807) is 6.92 Å². The Kier molecular flexibility index (Phi) is 3.58. The van der Waals surface area contributed by atoms with Gasteiger partial charge in [-0.2, -0.15) is 5.26 Å². The summed E-state index contributed by atoms with van der Waals surface area (Å²) < 4.78 is 5.18. The van der Waals surface area contributed by atoms with Crippen LogP contribution in [-0.2, 0) is 0 Å². The molecule has 4 heteroatoms. The Hall–Kier alpha value is -2.15. The van der Waals surface area contributed by atoms with Gasteiger partial charge in [-0.05, 0) is 19.1 Å². The van der Waals surface area contributed by atoms with Crippen molar-refractivity contribution < 1.29 is 14.3 Å². The molecule has 0 aliphatic carbocycles. The Labute approximate surface area is 87.1 Å². The minimum absolute atomic E-state index is 0.129. The smallest absolute Gasteiger partial charge is 0.155 e. The first-order chi connectivity index (χ1) is 7.28. The molecule has 0 N–H and O–H groups in total. The summed E-state index contributed by atoms with van der Waals surface area (Å²) in [6.45, 7) is 2.07. The van der Waals surface area contributed by atoms with Crippen molar-refractivity contribution in [1.82, 2.24) is 0 Å². The van der Waals surface area contributed by atoms with Gasteiger partial charge >= 0.3 is 0 Å². The first-order valence-electron chi connectivity index (χ1n) is 4.38. The minimum Gasteiger partial charge on any atom is -0.492 e. The standard InChI is InChI=1S/C11H9NO3/c1-2-15-11-9(6-13)4-3-8(5-12)10(11)7-14/h3-4,6-7H,2H2,1H3. The maximum absolute atomic E-state index is 10.8. The Morgan fingerprint density at radius 2 is 2.13 bits per heavy atom. The highest BCUT2D eigenvalue weighted by molar-refractivity contribution is 5.90. The van der Waals surface area contributed by atoms with Crippen LogP contribution in [0.4, 0.5) is 0 Å². The summed E-state index contributed by atoms with van der Waals surface area (Å²) in [6, 6.07) is 4.76. The highest BCUT2D eigenvalue weighted by Crippen LogP contribution is 2.24. The van der Waals surface area contributed by atoms with Crippen LogP contribution < -0.4 is 4.74 Å². The van der Waals surface area contributed by atoms with Gasteiger partial charge in [0, 0.05) is 0 Å². The number of hydrogen-bond acceptors (Lipinski definition) is 4. The van der Waals surface area contributed by atoms with Crippen molar-refractivity contribution in [2.24, 2.45) is 0 Å². The molecule has 0 aliphatic rings. The van der Waals surface area contributed by atoms with E-state index < -0.39 is 0 Å². The van der Waals surface area contributed by atoms with Gasteiger partial charge in [-0.25, -0.2) is 0 Å². The van der Waals surface area contributed by atoms with E-state index in [1.807, 2.05) is 6.07 Å². The van der Waals surface area contributed by atoms with E-state index in [-0.39, 0.29) is 22.4 Å². The Balaban J connectivity index is 3.45. The van der Waals surface area contributed by atoms with Gasteiger partial charge in [-0.3, -0.25) is 9.59 Å². The zero-order valence-corrected chi connectivity index (χ0v) is 8.19. The van der Waals surface area contributed by atoms with Crippen LogP contribution in [-0.4, -0.2) is 19.2 Å². The van der Waals surface area contributed by atoms with Crippen LogP contribution in [0.15, 0.2) is 12.1 Å². The second-order valence-corrected chi connectivity index (χ2v) is 2.73. The highest BCUT2D eigenvalue weighted by atomic mass is 16.5. The largest absolute Gasteiger partial charge is 0.492 e. The average molecular weight is 203 g/mol. The third-order valence-corrected chi connectivity index (χ3v) is 1.88. The van der Waals surface area contributed by atoms with Crippen LogP contribution in [0.5, 0.6) is 5.75 Å². The Morgan fingerprint density at radius 3 is 2.60 bits per heavy atom. The van der Waals surface area contributed by atoms with Crippen molar-refractivity contribution in [2.45, 2.75) is 6.92 Å². The van der Waals surface area contributed by atoms with E-state index in [0.717, 1.165) is 0 Å². The van der Waals surface area contributed by atoms with Crippen LogP contribution in [0.2, 0.25) is 0 Å². The van der Waals surface area contributed by atoms with E-state index in [4.69, 9.17) is 10.00 Å². The summed E-state index contributed by atoms with van der Waals surface area (Å²) in [7, 11) is 0. The van der Waals surface area contributed by atoms with Crippen molar-refractivity contribution in [2.75, 3.05) is 6.61 Å². The lowest BCUT2D eigenvalue weighted by atomic mass is 10.0. The summed E-state index contributed by atoms with van der Waals surface area (Å²) in [5.41, 5.74) is 0.612. The van der Waals surface area contributed by atoms with Crippen LogP contribution in [0.25, 0.3) is 0 Å². The van der Waals surface area contributed by atoms with E-state index in [2.05, 4.69) is 0 Å². The molecule has 0 amide bonds. The predicted molar refractivity (Wildman–Crippen MR) is 53.1 cm³/mol. The van der Waals surface area contributed by atoms with Crippen molar-refractivity contribution in [3.8, 4) is 11.8 Å². The molecular formula is C11H9NO3. The SMILES string of the molecule is CCOc1c(C=O)ccc(C#N)c1C=O. The fraction of sp³-hybridized carbons (Fsp3) is 0.182. The van der Waals surface area contributed by atoms with Crippen molar-refractivity contribution in [3.05, 3.63) is 28.8 Å². The van der Waals surface area contributed by atoms with Crippen LogP contribution >= 0.6 is 0 Å². The quantitative estimate of drug-likeness (QED) is 0.697. The molecule has 15 heavy (non-hydrogen) atoms. The average Bonchev–Trinajstić information content (AvgIpc) is 2.28. The number of benzene rings is 1. The van der Waals surface area contributed by atoms with E-state index in [1.165, 1.54) is 12.1 Å². The number of hydrogen-bond donors (Lipinski definition) is 0. The summed E-state index contributed by atoms with van der Waals surface area (Å²) in [4.78, 5) is 21.5. The number of carbonyl (C=O) groups is 2. The van der Waals surface area contributed by atoms with Gasteiger partial charge in [0.1, 0.15) is 11.8 Å². The molecule has 0 heterocycles. The molecule has 0 saturated carbocycles. The number of rotatable bonds is 4. The molecule has 0 radical (unpaired) electrons. The second-order valence-electron chi connectivity index (χ2n) is 2.73. The van der Waals surface area contributed by atoms with Crippen molar-refractivity contribution in [3.63, 3.8) is 0 Å². The number of carbonyl (C=O) groups excluding carboxylic acids is 2. The van der Waals surface area contributed by atoms with Crippen molar-refractivity contribution >= 4 is 12.6 Å². The normalized spacial score (nSPS) is 9.07. The van der Waals surface area contributed by atoms with E-state index in [0.29, 0.717) is 19.2 Å². The fourth-order valence-electron chi connectivity index (χ4n) is 1.23. The molecule has 0 spiro atoms. The molecule has 1 aromatic carbocycles. The molecule has 0 unspecified atom stereocenters. The van der Waals surface area contributed by atoms with Gasteiger partial charge < -0.3 is 4.74 Å². The number of aldehydes is 2. The lowest BCUT2D eigenvalue weighted by molar-refractivity contribution is 0.111. The molecule has 0 aliphatic heterocycles. The molecular weight excluding hydrogens is 194 g/mol. The van der Waals surface area contributed by atoms with Gasteiger partial charge in [0.25, 0.3) is 0 Å². The lowest BCUT2D eigenvalue weighted by Crippen LogP contribution is -2.02. The molecule has 1 aromatic rings. The third-order valence-electron chi connectivity index (χ3n) is 1.88. The monoisotopic (exact) mass is 203 g/mol. The molecule has 0 bridgehead atoms. The van der Waals surface area contributed by atoms with Gasteiger partial charge in [0.2, 0.25) is 0 Å². The van der Waals surface area contributed by atoms with Gasteiger partial charge in [-0.1, -0.05) is 0 Å². The van der Waals surface area contributed by atoms with Gasteiger partial charge in [0.05, 0.1) is 23.3 Å². The summed E-state index contributed by atoms with van der Waals surface area (Å²) in [6.07, 6.45) is 1.12. The number of ether oxygens (including phenoxy) is 1. The summed E-state index contributed by atoms with van der Waals surface area (Å²) in [5.74, 6) is 0.182. The van der Waals surface area contributed by atoms with Crippen molar-refractivity contribution in [1.29, 1.82) is 5.26 Å². The molecule has 4 nitrogen and oxygen atoms in total. The fourth-order valence-corrected chi connectivity index (χ4v) is 1.23. The van der Waals surface area contributed by atoms with E-state index >= 15 is 0 Å². The van der Waals surface area contributed by atoms with Crippen LogP contribution in [0.1, 0.15) is 33.2 Å². The first-order valence-corrected chi connectivity index (χ1v) is 4.38. The number of nitrogens with zero attached hydrogens (tertiary/aromatic N) is 1. The predicted octanol–water partition coefficient (Wildman–Crippen LogP) is 1.58. The molecule has 1 rings (SSSR count). The topological polar surface area (TPSA) is 67.2 Å². The molecule has 0 saturated heterocycles. The summed E-state index contributed by atoms with van der Waals surface area (Å²) in [5, 5.41) is 8.75. The zero-order chi connectivity index (χ0) is 11.3. The molecule has 0 fully saturated rings. The van der Waals surface area contributed by atoms with E-state index in [9.17, 15) is 9.59 Å². The number of nitriles is 1. The first kappa shape index (κ1) is 10.9. The minimum atomic E-state index is 0.129. The maximum Gasteiger partial charge on any atom is 0.155 e. The Bertz CT molecular complexity index is 432. The van der Waals surface area contributed by atoms with Gasteiger partial charge in [0.15, 0.2) is 12.6 Å². The maximum atomic E-state index is 10.8.